The van der Waals surface area contributed by atoms with E-state index in [0.717, 1.165) is 0 Å². The molecule has 3 nitrogen and oxygen atoms in total. The number of rotatable bonds is 3. The number of benzene rings is 1. The lowest BCUT2D eigenvalue weighted by Crippen LogP contribution is -2.17. The van der Waals surface area contributed by atoms with Crippen LogP contribution < -0.4 is 4.74 Å². The lowest BCUT2D eigenvalue weighted by atomic mass is 10.1. The van der Waals surface area contributed by atoms with Crippen molar-refractivity contribution in [3.63, 3.8) is 0 Å². The molecule has 1 aromatic carbocycles. The van der Waals surface area contributed by atoms with Crippen LogP contribution in [0.25, 0.3) is 0 Å². The van der Waals surface area contributed by atoms with Crippen molar-refractivity contribution < 1.29 is 27.4 Å². The van der Waals surface area contributed by atoms with Gasteiger partial charge >= 0.3 is 12.3 Å². The van der Waals surface area contributed by atoms with Gasteiger partial charge in [0.1, 0.15) is 5.75 Å². The van der Waals surface area contributed by atoms with Crippen molar-refractivity contribution in [2.45, 2.75) is 18.7 Å². The third-order valence-electron chi connectivity index (χ3n) is 2.81. The molecule has 0 aromatic heterocycles. The fourth-order valence-electron chi connectivity index (χ4n) is 1.92. The van der Waals surface area contributed by atoms with E-state index >= 15 is 0 Å². The normalized spacial score (nSPS) is 22.4. The van der Waals surface area contributed by atoms with E-state index in [4.69, 9.17) is 0 Å². The van der Waals surface area contributed by atoms with Crippen molar-refractivity contribution in [1.29, 1.82) is 0 Å². The van der Waals surface area contributed by atoms with Crippen LogP contribution in [-0.4, -0.2) is 19.4 Å². The van der Waals surface area contributed by atoms with Crippen LogP contribution in [0.2, 0.25) is 0 Å². The summed E-state index contributed by atoms with van der Waals surface area (Å²) in [5.74, 6) is -0.928. The maximum atomic E-state index is 12.1. The van der Waals surface area contributed by atoms with Crippen LogP contribution in [0.15, 0.2) is 24.3 Å². The molecule has 0 radical (unpaired) electrons. The Kier molecular flexibility index (Phi) is 3.19. The molecule has 0 heterocycles. The molecular weight excluding hydrogens is 249 g/mol. The Bertz CT molecular complexity index is 456. The summed E-state index contributed by atoms with van der Waals surface area (Å²) in [4.78, 5) is 11.2. The summed E-state index contributed by atoms with van der Waals surface area (Å²) in [7, 11) is 1.29. The van der Waals surface area contributed by atoms with Gasteiger partial charge in [-0.15, -0.1) is 13.2 Å². The molecule has 1 saturated carbocycles. The fourth-order valence-corrected chi connectivity index (χ4v) is 1.92. The Morgan fingerprint density at radius 2 is 2.11 bits per heavy atom. The first kappa shape index (κ1) is 12.7. The van der Waals surface area contributed by atoms with Crippen molar-refractivity contribution in [3.8, 4) is 5.75 Å². The molecule has 2 rings (SSSR count). The Hall–Kier alpha value is -1.72. The first-order valence-electron chi connectivity index (χ1n) is 5.34. The van der Waals surface area contributed by atoms with E-state index in [1.165, 1.54) is 25.3 Å². The van der Waals surface area contributed by atoms with Crippen LogP contribution in [0.3, 0.4) is 0 Å². The molecule has 0 bridgehead atoms. The number of hydrogen-bond donors (Lipinski definition) is 0. The third-order valence-corrected chi connectivity index (χ3v) is 2.81. The SMILES string of the molecule is COC(=O)[C@@H]1C[C@H]1c1cccc(OC(F)(F)F)c1. The van der Waals surface area contributed by atoms with E-state index in [1.54, 1.807) is 6.07 Å². The van der Waals surface area contributed by atoms with Crippen molar-refractivity contribution in [3.05, 3.63) is 29.8 Å². The Labute approximate surface area is 102 Å². The average molecular weight is 260 g/mol. The zero-order valence-corrected chi connectivity index (χ0v) is 9.53. The molecule has 1 fully saturated rings. The number of alkyl halides is 3. The maximum absolute atomic E-state index is 12.1. The molecule has 0 saturated heterocycles. The molecular formula is C12H11F3O3. The lowest BCUT2D eigenvalue weighted by Gasteiger charge is -2.09. The van der Waals surface area contributed by atoms with E-state index in [2.05, 4.69) is 9.47 Å². The predicted octanol–water partition coefficient (Wildman–Crippen LogP) is 2.86. The van der Waals surface area contributed by atoms with E-state index in [1.807, 2.05) is 0 Å². The highest BCUT2D eigenvalue weighted by molar-refractivity contribution is 5.77. The Morgan fingerprint density at radius 3 is 2.72 bits per heavy atom. The van der Waals surface area contributed by atoms with Crippen LogP contribution in [0.4, 0.5) is 13.2 Å². The minimum Gasteiger partial charge on any atom is -0.469 e. The summed E-state index contributed by atoms with van der Waals surface area (Å²) >= 11 is 0. The fraction of sp³-hybridized carbons (Fsp3) is 0.417. The van der Waals surface area contributed by atoms with Gasteiger partial charge in [-0.05, 0) is 30.0 Å². The zero-order valence-electron chi connectivity index (χ0n) is 9.53. The maximum Gasteiger partial charge on any atom is 0.573 e. The van der Waals surface area contributed by atoms with Gasteiger partial charge in [0.15, 0.2) is 0 Å². The van der Waals surface area contributed by atoms with E-state index in [-0.39, 0.29) is 23.6 Å². The highest BCUT2D eigenvalue weighted by Gasteiger charge is 2.45. The number of carbonyl (C=O) groups excluding carboxylic acids is 1. The smallest absolute Gasteiger partial charge is 0.469 e. The van der Waals surface area contributed by atoms with Gasteiger partial charge in [0.25, 0.3) is 0 Å². The van der Waals surface area contributed by atoms with Gasteiger partial charge < -0.3 is 9.47 Å². The van der Waals surface area contributed by atoms with Crippen LogP contribution in [0.5, 0.6) is 5.75 Å². The van der Waals surface area contributed by atoms with Gasteiger partial charge in [0.2, 0.25) is 0 Å². The Balaban J connectivity index is 2.08. The minimum absolute atomic E-state index is 0.0748. The second kappa shape index (κ2) is 4.51. The molecule has 0 unspecified atom stereocenters. The predicted molar refractivity (Wildman–Crippen MR) is 56.0 cm³/mol. The number of halogens is 3. The third kappa shape index (κ3) is 2.94. The van der Waals surface area contributed by atoms with Gasteiger partial charge in [0.05, 0.1) is 13.0 Å². The second-order valence-electron chi connectivity index (χ2n) is 4.09. The second-order valence-corrected chi connectivity index (χ2v) is 4.09. The number of esters is 1. The molecule has 1 aliphatic rings. The quantitative estimate of drug-likeness (QED) is 0.784. The monoisotopic (exact) mass is 260 g/mol. The Morgan fingerprint density at radius 1 is 1.39 bits per heavy atom. The molecule has 6 heteroatoms. The molecule has 18 heavy (non-hydrogen) atoms. The van der Waals surface area contributed by atoms with Gasteiger partial charge in [-0.1, -0.05) is 12.1 Å². The summed E-state index contributed by atoms with van der Waals surface area (Å²) < 4.78 is 44.6. The number of hydrogen-bond acceptors (Lipinski definition) is 3. The van der Waals surface area contributed by atoms with Gasteiger partial charge in [-0.3, -0.25) is 4.79 Å². The van der Waals surface area contributed by atoms with E-state index < -0.39 is 6.36 Å². The van der Waals surface area contributed by atoms with E-state index in [0.29, 0.717) is 12.0 Å². The van der Waals surface area contributed by atoms with Gasteiger partial charge in [0, 0.05) is 0 Å². The summed E-state index contributed by atoms with van der Waals surface area (Å²) in [6.07, 6.45) is -4.11. The van der Waals surface area contributed by atoms with Crippen molar-refractivity contribution in [1.82, 2.24) is 0 Å². The standard InChI is InChI=1S/C12H11F3O3/c1-17-11(16)10-6-9(10)7-3-2-4-8(5-7)18-12(13,14)15/h2-5,9-10H,6H2,1H3/t9-,10+/m0/s1. The van der Waals surface area contributed by atoms with Crippen molar-refractivity contribution in [2.24, 2.45) is 5.92 Å². The molecule has 0 N–H and O–H groups in total. The summed E-state index contributed by atoms with van der Waals surface area (Å²) in [6.45, 7) is 0. The van der Waals surface area contributed by atoms with Crippen LogP contribution in [-0.2, 0) is 9.53 Å². The van der Waals surface area contributed by atoms with Crippen LogP contribution >= 0.6 is 0 Å². The molecule has 0 spiro atoms. The largest absolute Gasteiger partial charge is 0.573 e. The summed E-state index contributed by atoms with van der Waals surface area (Å²) in [6, 6.07) is 5.69. The van der Waals surface area contributed by atoms with Crippen LogP contribution in [0, 0.1) is 5.92 Å². The van der Waals surface area contributed by atoms with Gasteiger partial charge in [-0.2, -0.15) is 0 Å². The molecule has 1 aromatic rings. The van der Waals surface area contributed by atoms with Crippen LogP contribution in [0.1, 0.15) is 17.9 Å². The highest BCUT2D eigenvalue weighted by Crippen LogP contribution is 2.48. The molecule has 98 valence electrons. The summed E-state index contributed by atoms with van der Waals surface area (Å²) in [5.41, 5.74) is 0.659. The number of ether oxygens (including phenoxy) is 2. The topological polar surface area (TPSA) is 35.5 Å². The first-order chi connectivity index (χ1) is 8.40. The molecule has 0 aliphatic heterocycles. The minimum atomic E-state index is -4.70. The number of carbonyl (C=O) groups is 1. The highest BCUT2D eigenvalue weighted by atomic mass is 19.4. The molecule has 0 amide bonds. The molecule has 2 atom stereocenters. The average Bonchev–Trinajstić information content (AvgIpc) is 3.06. The molecule has 1 aliphatic carbocycles. The number of methoxy groups -OCH3 is 1. The van der Waals surface area contributed by atoms with E-state index in [9.17, 15) is 18.0 Å². The lowest BCUT2D eigenvalue weighted by molar-refractivity contribution is -0.274. The summed E-state index contributed by atoms with van der Waals surface area (Å²) in [5, 5.41) is 0. The first-order valence-corrected chi connectivity index (χ1v) is 5.34. The zero-order chi connectivity index (χ0) is 13.3. The van der Waals surface area contributed by atoms with Gasteiger partial charge in [-0.25, -0.2) is 0 Å². The van der Waals surface area contributed by atoms with Crippen molar-refractivity contribution in [2.75, 3.05) is 7.11 Å². The van der Waals surface area contributed by atoms with Crippen molar-refractivity contribution >= 4 is 5.97 Å².